The average Bonchev–Trinajstić information content (AvgIpc) is 3.04. The highest BCUT2D eigenvalue weighted by molar-refractivity contribution is 6.30. The zero-order valence-corrected chi connectivity index (χ0v) is 25.0. The Morgan fingerprint density at radius 3 is 2.40 bits per heavy atom. The van der Waals surface area contributed by atoms with Crippen molar-refractivity contribution in [1.82, 2.24) is 14.7 Å². The predicted octanol–water partition coefficient (Wildman–Crippen LogP) is 4.70. The summed E-state index contributed by atoms with van der Waals surface area (Å²) in [5, 5.41) is 0.774. The second kappa shape index (κ2) is 13.5. The first kappa shape index (κ1) is 29.0. The number of nitrogens with two attached hydrogens (primary N) is 1. The third kappa shape index (κ3) is 6.76. The zero-order valence-electron chi connectivity index (χ0n) is 24.2. The topological polar surface area (TPSA) is 71.3 Å². The van der Waals surface area contributed by atoms with Gasteiger partial charge in [0.2, 0.25) is 5.91 Å². The van der Waals surface area contributed by atoms with Crippen molar-refractivity contribution in [3.63, 3.8) is 0 Å². The second-order valence-electron chi connectivity index (χ2n) is 11.7. The molecule has 0 aliphatic carbocycles. The molecule has 0 radical (unpaired) electrons. The number of amides is 1. The summed E-state index contributed by atoms with van der Waals surface area (Å²) in [5.74, 6) is 2.02. The Hall–Kier alpha value is -3.10. The third-order valence-corrected chi connectivity index (χ3v) is 9.24. The fourth-order valence-electron chi connectivity index (χ4n) is 6.52. The summed E-state index contributed by atoms with van der Waals surface area (Å²) in [5.41, 5.74) is 11.5. The molecule has 0 unspecified atom stereocenters. The van der Waals surface area contributed by atoms with E-state index in [-0.39, 0.29) is 11.8 Å². The summed E-state index contributed by atoms with van der Waals surface area (Å²) in [4.78, 5) is 20.2. The van der Waals surface area contributed by atoms with E-state index < -0.39 is 6.04 Å². The molecule has 3 aromatic carbocycles. The number of halogens is 1. The summed E-state index contributed by atoms with van der Waals surface area (Å²) in [6.07, 6.45) is 2.85. The van der Waals surface area contributed by atoms with Gasteiger partial charge < -0.3 is 25.0 Å². The molecule has 6 rings (SSSR count). The van der Waals surface area contributed by atoms with Gasteiger partial charge in [-0.2, -0.15) is 0 Å². The summed E-state index contributed by atoms with van der Waals surface area (Å²) in [6.45, 7) is 7.95. The smallest absolute Gasteiger partial charge is 0.239 e. The van der Waals surface area contributed by atoms with Gasteiger partial charge >= 0.3 is 0 Å². The van der Waals surface area contributed by atoms with Crippen molar-refractivity contribution < 1.29 is 14.3 Å². The fourth-order valence-corrected chi connectivity index (χ4v) is 6.72. The van der Waals surface area contributed by atoms with Crippen LogP contribution in [0.5, 0.6) is 11.5 Å². The third-order valence-electron chi connectivity index (χ3n) is 9.00. The molecule has 222 valence electrons. The van der Waals surface area contributed by atoms with E-state index in [0.717, 1.165) is 80.6 Å². The van der Waals surface area contributed by atoms with E-state index in [2.05, 4.69) is 52.3 Å². The average molecular weight is 589 g/mol. The molecule has 7 nitrogen and oxygen atoms in total. The van der Waals surface area contributed by atoms with Gasteiger partial charge in [0.05, 0.1) is 6.04 Å². The lowest BCUT2D eigenvalue weighted by atomic mass is 9.88. The molecule has 3 heterocycles. The van der Waals surface area contributed by atoms with Crippen LogP contribution in [-0.4, -0.2) is 85.7 Å². The number of para-hydroxylation sites is 1. The lowest BCUT2D eigenvalue weighted by Gasteiger charge is -2.39. The molecule has 0 aromatic heterocycles. The number of hydrogen-bond donors (Lipinski definition) is 1. The first-order valence-electron chi connectivity index (χ1n) is 15.3. The number of piperazine rings is 1. The van der Waals surface area contributed by atoms with Crippen LogP contribution in [0.4, 0.5) is 0 Å². The Morgan fingerprint density at radius 2 is 1.62 bits per heavy atom. The van der Waals surface area contributed by atoms with Crippen molar-refractivity contribution in [2.45, 2.75) is 31.8 Å². The van der Waals surface area contributed by atoms with Gasteiger partial charge in [0.25, 0.3) is 0 Å². The van der Waals surface area contributed by atoms with E-state index in [1.807, 2.05) is 29.2 Å². The van der Waals surface area contributed by atoms with Gasteiger partial charge in [0, 0.05) is 49.9 Å². The minimum absolute atomic E-state index is 0.105. The Bertz CT molecular complexity index is 1350. The van der Waals surface area contributed by atoms with E-state index in [9.17, 15) is 4.79 Å². The van der Waals surface area contributed by atoms with Crippen LogP contribution in [0.2, 0.25) is 5.02 Å². The van der Waals surface area contributed by atoms with Crippen LogP contribution in [-0.2, 0) is 17.8 Å². The predicted molar refractivity (Wildman–Crippen MR) is 167 cm³/mol. The molecule has 0 spiro atoms. The van der Waals surface area contributed by atoms with Gasteiger partial charge in [-0.1, -0.05) is 60.1 Å². The van der Waals surface area contributed by atoms with Crippen molar-refractivity contribution in [2.75, 3.05) is 59.0 Å². The number of nitrogens with zero attached hydrogens (tertiary/aromatic N) is 3. The molecule has 8 heteroatoms. The standard InChI is InChI=1S/C34H41ClN4O3/c35-29-9-10-30(25-5-2-1-3-6-25)27(23-29)13-16-37-14-11-26(12-15-37)32(36)34(40)39-19-17-38(18-20-39)24-28-7-4-8-31-33(28)42-22-21-41-31/h1-10,23,26,32H,11-22,24,36H2/t32-/m1/s1. The second-order valence-corrected chi connectivity index (χ2v) is 12.1. The quantitative estimate of drug-likeness (QED) is 0.411. The van der Waals surface area contributed by atoms with E-state index in [0.29, 0.717) is 26.3 Å². The van der Waals surface area contributed by atoms with Crippen molar-refractivity contribution in [2.24, 2.45) is 11.7 Å². The molecular weight excluding hydrogens is 548 g/mol. The van der Waals surface area contributed by atoms with E-state index >= 15 is 0 Å². The number of piperidine rings is 1. The lowest BCUT2D eigenvalue weighted by molar-refractivity contribution is -0.136. The minimum Gasteiger partial charge on any atom is -0.486 e. The fraction of sp³-hybridized carbons (Fsp3) is 0.441. The molecular formula is C34H41ClN4O3. The Balaban J connectivity index is 0.962. The number of rotatable bonds is 8. The Morgan fingerprint density at radius 1 is 0.857 bits per heavy atom. The summed E-state index contributed by atoms with van der Waals surface area (Å²) >= 11 is 6.37. The molecule has 1 amide bonds. The monoisotopic (exact) mass is 588 g/mol. The number of benzene rings is 3. The Kier molecular flexibility index (Phi) is 9.30. The van der Waals surface area contributed by atoms with Gasteiger partial charge in [-0.3, -0.25) is 9.69 Å². The lowest BCUT2D eigenvalue weighted by Crippen LogP contribution is -2.55. The van der Waals surface area contributed by atoms with Gasteiger partial charge in [-0.15, -0.1) is 0 Å². The molecule has 42 heavy (non-hydrogen) atoms. The van der Waals surface area contributed by atoms with Gasteiger partial charge in [-0.25, -0.2) is 0 Å². The van der Waals surface area contributed by atoms with Gasteiger partial charge in [-0.05, 0) is 73.2 Å². The number of likely N-dealkylation sites (tertiary alicyclic amines) is 1. The SMILES string of the molecule is N[C@@H](C(=O)N1CCN(Cc2cccc3c2OCCO3)CC1)C1CCN(CCc2cc(Cl)ccc2-c2ccccc2)CC1. The highest BCUT2D eigenvalue weighted by Gasteiger charge is 2.33. The number of carbonyl (C=O) groups excluding carboxylic acids is 1. The Labute approximate surface area is 254 Å². The molecule has 0 saturated carbocycles. The molecule has 3 aliphatic rings. The van der Waals surface area contributed by atoms with Crippen molar-refractivity contribution in [3.8, 4) is 22.6 Å². The van der Waals surface area contributed by atoms with Gasteiger partial charge in [0.1, 0.15) is 13.2 Å². The van der Waals surface area contributed by atoms with Crippen LogP contribution in [0.1, 0.15) is 24.0 Å². The zero-order chi connectivity index (χ0) is 28.9. The normalized spacial score (nSPS) is 19.0. The summed E-state index contributed by atoms with van der Waals surface area (Å²) < 4.78 is 11.6. The van der Waals surface area contributed by atoms with Crippen molar-refractivity contribution in [1.29, 1.82) is 0 Å². The maximum Gasteiger partial charge on any atom is 0.239 e. The highest BCUT2D eigenvalue weighted by atomic mass is 35.5. The molecule has 2 N–H and O–H groups in total. The summed E-state index contributed by atoms with van der Waals surface area (Å²) in [6, 6.07) is 22.3. The van der Waals surface area contributed by atoms with E-state index in [4.69, 9.17) is 26.8 Å². The molecule has 3 aliphatic heterocycles. The van der Waals surface area contributed by atoms with Crippen LogP contribution in [0.15, 0.2) is 66.7 Å². The first-order valence-corrected chi connectivity index (χ1v) is 15.6. The molecule has 2 saturated heterocycles. The van der Waals surface area contributed by atoms with Crippen LogP contribution >= 0.6 is 11.6 Å². The van der Waals surface area contributed by atoms with Crippen LogP contribution in [0.3, 0.4) is 0 Å². The minimum atomic E-state index is -0.428. The number of ether oxygens (including phenoxy) is 2. The maximum atomic E-state index is 13.4. The van der Waals surface area contributed by atoms with E-state index in [1.54, 1.807) is 0 Å². The highest BCUT2D eigenvalue weighted by Crippen LogP contribution is 2.34. The molecule has 0 bridgehead atoms. The number of fused-ring (bicyclic) bond motifs is 1. The van der Waals surface area contributed by atoms with E-state index in [1.165, 1.54) is 16.7 Å². The summed E-state index contributed by atoms with van der Waals surface area (Å²) in [7, 11) is 0. The van der Waals surface area contributed by atoms with Crippen LogP contribution in [0.25, 0.3) is 11.1 Å². The van der Waals surface area contributed by atoms with Gasteiger partial charge in [0.15, 0.2) is 11.5 Å². The molecule has 1 atom stereocenters. The molecule has 2 fully saturated rings. The molecule has 3 aromatic rings. The number of hydrogen-bond acceptors (Lipinski definition) is 6. The van der Waals surface area contributed by atoms with Crippen molar-refractivity contribution >= 4 is 17.5 Å². The van der Waals surface area contributed by atoms with Crippen LogP contribution in [0, 0.1) is 5.92 Å². The maximum absolute atomic E-state index is 13.4. The largest absolute Gasteiger partial charge is 0.486 e. The first-order chi connectivity index (χ1) is 20.5. The number of carbonyl (C=O) groups is 1. The van der Waals surface area contributed by atoms with Crippen LogP contribution < -0.4 is 15.2 Å². The van der Waals surface area contributed by atoms with Crippen molar-refractivity contribution in [3.05, 3.63) is 82.9 Å².